The van der Waals surface area contributed by atoms with Crippen LogP contribution in [0.3, 0.4) is 0 Å². The Bertz CT molecular complexity index is 776. The van der Waals surface area contributed by atoms with Gasteiger partial charge in [-0.05, 0) is 36.6 Å². The molecule has 1 fully saturated rings. The molecule has 4 nitrogen and oxygen atoms in total. The SMILES string of the molecule is O=C(NCc1cccc(N2CCCCC2=O)c1)c1cc(Cl)sc1Cl. The lowest BCUT2D eigenvalue weighted by Gasteiger charge is -2.27. The number of carbonyl (C=O) groups is 2. The van der Waals surface area contributed by atoms with Crippen molar-refractivity contribution in [3.63, 3.8) is 0 Å². The highest BCUT2D eigenvalue weighted by Gasteiger charge is 2.20. The minimum Gasteiger partial charge on any atom is -0.348 e. The number of carbonyl (C=O) groups excluding carboxylic acids is 2. The number of rotatable bonds is 4. The van der Waals surface area contributed by atoms with Crippen LogP contribution in [0, 0.1) is 0 Å². The van der Waals surface area contributed by atoms with E-state index >= 15 is 0 Å². The largest absolute Gasteiger partial charge is 0.348 e. The van der Waals surface area contributed by atoms with Crippen LogP contribution in [0.15, 0.2) is 30.3 Å². The maximum Gasteiger partial charge on any atom is 0.253 e. The molecule has 0 saturated carbocycles. The topological polar surface area (TPSA) is 49.4 Å². The quantitative estimate of drug-likeness (QED) is 0.845. The lowest BCUT2D eigenvalue weighted by molar-refractivity contribution is -0.119. The van der Waals surface area contributed by atoms with Crippen LogP contribution in [0.2, 0.25) is 8.67 Å². The van der Waals surface area contributed by atoms with Gasteiger partial charge >= 0.3 is 0 Å². The highest BCUT2D eigenvalue weighted by atomic mass is 35.5. The zero-order chi connectivity index (χ0) is 17.1. The first-order valence-corrected chi connectivity index (χ1v) is 9.24. The Morgan fingerprint density at radius 2 is 2.08 bits per heavy atom. The summed E-state index contributed by atoms with van der Waals surface area (Å²) in [4.78, 5) is 26.0. The molecule has 0 spiro atoms. The van der Waals surface area contributed by atoms with Gasteiger partial charge in [0, 0.05) is 25.2 Å². The number of amides is 2. The summed E-state index contributed by atoms with van der Waals surface area (Å²) in [5.41, 5.74) is 2.19. The van der Waals surface area contributed by atoms with E-state index < -0.39 is 0 Å². The first kappa shape index (κ1) is 17.3. The number of anilines is 1. The summed E-state index contributed by atoms with van der Waals surface area (Å²) in [7, 11) is 0. The van der Waals surface area contributed by atoms with Crippen molar-refractivity contribution < 1.29 is 9.59 Å². The summed E-state index contributed by atoms with van der Waals surface area (Å²) in [5, 5.41) is 2.83. The molecule has 0 radical (unpaired) electrons. The number of halogens is 2. The second kappa shape index (κ2) is 7.55. The Morgan fingerprint density at radius 1 is 1.25 bits per heavy atom. The number of nitrogens with one attached hydrogen (secondary N) is 1. The molecule has 24 heavy (non-hydrogen) atoms. The molecule has 1 aromatic carbocycles. The van der Waals surface area contributed by atoms with Crippen LogP contribution < -0.4 is 10.2 Å². The molecular weight excluding hydrogens is 367 g/mol. The summed E-state index contributed by atoms with van der Waals surface area (Å²) < 4.78 is 0.862. The Hall–Kier alpha value is -1.56. The molecule has 2 amide bonds. The lowest BCUT2D eigenvalue weighted by Crippen LogP contribution is -2.35. The monoisotopic (exact) mass is 382 g/mol. The third kappa shape index (κ3) is 3.91. The lowest BCUT2D eigenvalue weighted by atomic mass is 10.1. The predicted octanol–water partition coefficient (Wildman–Crippen LogP) is 4.50. The molecule has 2 aromatic rings. The molecule has 0 atom stereocenters. The number of nitrogens with zero attached hydrogens (tertiary/aromatic N) is 1. The first-order chi connectivity index (χ1) is 11.5. The fourth-order valence-electron chi connectivity index (χ4n) is 2.69. The summed E-state index contributed by atoms with van der Waals surface area (Å²) in [5.74, 6) is -0.107. The number of hydrogen-bond acceptors (Lipinski definition) is 3. The zero-order valence-corrected chi connectivity index (χ0v) is 15.2. The average molecular weight is 383 g/mol. The highest BCUT2D eigenvalue weighted by molar-refractivity contribution is 7.20. The van der Waals surface area contributed by atoms with Crippen LogP contribution in [0.4, 0.5) is 5.69 Å². The van der Waals surface area contributed by atoms with Gasteiger partial charge in [-0.1, -0.05) is 35.3 Å². The number of piperidine rings is 1. The van der Waals surface area contributed by atoms with E-state index in [1.54, 1.807) is 6.07 Å². The highest BCUT2D eigenvalue weighted by Crippen LogP contribution is 2.31. The van der Waals surface area contributed by atoms with E-state index in [9.17, 15) is 9.59 Å². The van der Waals surface area contributed by atoms with Crippen LogP contribution >= 0.6 is 34.5 Å². The molecule has 1 N–H and O–H groups in total. The molecule has 0 bridgehead atoms. The van der Waals surface area contributed by atoms with Crippen molar-refractivity contribution in [2.75, 3.05) is 11.4 Å². The Labute approximate surface area is 154 Å². The van der Waals surface area contributed by atoms with Crippen molar-refractivity contribution in [1.29, 1.82) is 0 Å². The van der Waals surface area contributed by atoms with E-state index in [1.165, 1.54) is 11.3 Å². The summed E-state index contributed by atoms with van der Waals surface area (Å²) in [6.07, 6.45) is 2.57. The van der Waals surface area contributed by atoms with Crippen LogP contribution in [0.1, 0.15) is 35.2 Å². The molecule has 1 saturated heterocycles. The smallest absolute Gasteiger partial charge is 0.253 e. The van der Waals surface area contributed by atoms with E-state index in [0.717, 1.165) is 30.6 Å². The van der Waals surface area contributed by atoms with E-state index in [0.29, 0.717) is 27.2 Å². The number of thiophene rings is 1. The van der Waals surface area contributed by atoms with Crippen molar-refractivity contribution in [3.8, 4) is 0 Å². The molecule has 3 rings (SSSR count). The van der Waals surface area contributed by atoms with Crippen molar-refractivity contribution in [3.05, 3.63) is 50.1 Å². The third-order valence-corrected chi connectivity index (χ3v) is 5.39. The number of benzene rings is 1. The van der Waals surface area contributed by atoms with Gasteiger partial charge in [-0.3, -0.25) is 9.59 Å². The second-order valence-electron chi connectivity index (χ2n) is 5.59. The maximum absolute atomic E-state index is 12.2. The van der Waals surface area contributed by atoms with E-state index in [-0.39, 0.29) is 11.8 Å². The van der Waals surface area contributed by atoms with Gasteiger partial charge in [0.1, 0.15) is 4.34 Å². The standard InChI is InChI=1S/C17H16Cl2N2O2S/c18-14-9-13(16(19)24-14)17(23)20-10-11-4-3-5-12(8-11)21-7-2-1-6-15(21)22/h3-5,8-9H,1-2,6-7,10H2,(H,20,23). The van der Waals surface area contributed by atoms with Crippen molar-refractivity contribution in [1.82, 2.24) is 5.32 Å². The minimum absolute atomic E-state index is 0.155. The normalized spacial score (nSPS) is 14.8. The van der Waals surface area contributed by atoms with Crippen molar-refractivity contribution in [2.45, 2.75) is 25.8 Å². The Balaban J connectivity index is 1.67. The van der Waals surface area contributed by atoms with Gasteiger partial charge in [0.15, 0.2) is 0 Å². The molecule has 1 aromatic heterocycles. The van der Waals surface area contributed by atoms with E-state index in [2.05, 4.69) is 5.32 Å². The summed E-state index contributed by atoms with van der Waals surface area (Å²) in [6, 6.07) is 9.23. The molecule has 0 aliphatic carbocycles. The summed E-state index contributed by atoms with van der Waals surface area (Å²) in [6.45, 7) is 1.11. The van der Waals surface area contributed by atoms with Gasteiger partial charge in [-0.25, -0.2) is 0 Å². The number of hydrogen-bond donors (Lipinski definition) is 1. The molecule has 1 aliphatic heterocycles. The van der Waals surface area contributed by atoms with Gasteiger partial charge < -0.3 is 10.2 Å². The van der Waals surface area contributed by atoms with Gasteiger partial charge in [0.05, 0.1) is 9.90 Å². The Morgan fingerprint density at radius 3 is 2.79 bits per heavy atom. The minimum atomic E-state index is -0.261. The molecular formula is C17H16Cl2N2O2S. The van der Waals surface area contributed by atoms with E-state index in [1.807, 2.05) is 29.2 Å². The fourth-order valence-corrected chi connectivity index (χ4v) is 4.14. The first-order valence-electron chi connectivity index (χ1n) is 7.67. The fraction of sp³-hybridized carbons (Fsp3) is 0.294. The third-order valence-electron chi connectivity index (χ3n) is 3.90. The summed E-state index contributed by atoms with van der Waals surface area (Å²) >= 11 is 13.0. The molecule has 0 unspecified atom stereocenters. The van der Waals surface area contributed by atoms with Crippen molar-refractivity contribution >= 4 is 52.0 Å². The van der Waals surface area contributed by atoms with Crippen LogP contribution in [0.5, 0.6) is 0 Å². The van der Waals surface area contributed by atoms with Gasteiger partial charge in [-0.2, -0.15) is 0 Å². The maximum atomic E-state index is 12.2. The van der Waals surface area contributed by atoms with Crippen LogP contribution in [-0.2, 0) is 11.3 Å². The Kier molecular flexibility index (Phi) is 5.43. The van der Waals surface area contributed by atoms with Crippen LogP contribution in [0.25, 0.3) is 0 Å². The van der Waals surface area contributed by atoms with E-state index in [4.69, 9.17) is 23.2 Å². The van der Waals surface area contributed by atoms with Gasteiger partial charge in [0.2, 0.25) is 5.91 Å². The predicted molar refractivity (Wildman–Crippen MR) is 98.2 cm³/mol. The zero-order valence-electron chi connectivity index (χ0n) is 12.9. The second-order valence-corrected chi connectivity index (χ2v) is 7.88. The molecule has 126 valence electrons. The van der Waals surface area contributed by atoms with Gasteiger partial charge in [0.25, 0.3) is 5.91 Å². The van der Waals surface area contributed by atoms with Crippen molar-refractivity contribution in [2.24, 2.45) is 0 Å². The molecule has 2 heterocycles. The van der Waals surface area contributed by atoms with Crippen LogP contribution in [-0.4, -0.2) is 18.4 Å². The molecule has 7 heteroatoms. The van der Waals surface area contributed by atoms with Gasteiger partial charge in [-0.15, -0.1) is 11.3 Å². The molecule has 1 aliphatic rings. The average Bonchev–Trinajstić information content (AvgIpc) is 2.92.